The number of hydrogen-bond donors (Lipinski definition) is 0. The van der Waals surface area contributed by atoms with Gasteiger partial charge in [0.1, 0.15) is 6.10 Å². The summed E-state index contributed by atoms with van der Waals surface area (Å²) in [5.41, 5.74) is 2.42. The van der Waals surface area contributed by atoms with Gasteiger partial charge in [-0.3, -0.25) is 9.78 Å². The van der Waals surface area contributed by atoms with Crippen LogP contribution in [0, 0.1) is 13.8 Å². The molecule has 1 unspecified atom stereocenters. The van der Waals surface area contributed by atoms with E-state index in [0.29, 0.717) is 18.1 Å². The number of piperidine rings is 1. The molecular formula is C17H20N4O2. The van der Waals surface area contributed by atoms with Gasteiger partial charge in [0.15, 0.2) is 0 Å². The van der Waals surface area contributed by atoms with Gasteiger partial charge in [-0.1, -0.05) is 0 Å². The molecule has 6 nitrogen and oxygen atoms in total. The number of ether oxygens (including phenoxy) is 1. The molecule has 120 valence electrons. The third kappa shape index (κ3) is 3.83. The Bertz CT molecular complexity index is 670. The minimum Gasteiger partial charge on any atom is -0.458 e. The molecule has 1 aliphatic heterocycles. The normalized spacial score (nSPS) is 17.8. The standard InChI is InChI=1S/C17H20N4O2/c1-12-10-13(2)20-17(19-12)23-15-4-3-9-21(11-15)16(22)14-5-7-18-8-6-14/h5-8,10,15H,3-4,9,11H2,1-2H3. The first-order valence-electron chi connectivity index (χ1n) is 7.80. The van der Waals surface area contributed by atoms with Crippen molar-refractivity contribution in [1.82, 2.24) is 19.9 Å². The number of aryl methyl sites for hydroxylation is 2. The van der Waals surface area contributed by atoms with E-state index in [1.165, 1.54) is 0 Å². The second-order valence-corrected chi connectivity index (χ2v) is 5.80. The molecule has 0 bridgehead atoms. The Hall–Kier alpha value is -2.50. The van der Waals surface area contributed by atoms with E-state index in [4.69, 9.17) is 4.74 Å². The molecule has 1 atom stereocenters. The maximum Gasteiger partial charge on any atom is 0.317 e. The number of nitrogens with zero attached hydrogens (tertiary/aromatic N) is 4. The molecule has 3 rings (SSSR count). The maximum absolute atomic E-state index is 12.5. The Morgan fingerprint density at radius 1 is 1.22 bits per heavy atom. The molecule has 0 aromatic carbocycles. The van der Waals surface area contributed by atoms with Gasteiger partial charge in [0.2, 0.25) is 0 Å². The highest BCUT2D eigenvalue weighted by Crippen LogP contribution is 2.18. The molecule has 1 saturated heterocycles. The van der Waals surface area contributed by atoms with E-state index in [0.717, 1.165) is 30.8 Å². The van der Waals surface area contributed by atoms with Crippen LogP contribution >= 0.6 is 0 Å². The van der Waals surface area contributed by atoms with Crippen LogP contribution < -0.4 is 4.74 Å². The summed E-state index contributed by atoms with van der Waals surface area (Å²) in [7, 11) is 0. The van der Waals surface area contributed by atoms with Crippen molar-refractivity contribution in [2.45, 2.75) is 32.8 Å². The topological polar surface area (TPSA) is 68.2 Å². The summed E-state index contributed by atoms with van der Waals surface area (Å²) < 4.78 is 5.90. The largest absolute Gasteiger partial charge is 0.458 e. The number of hydrogen-bond acceptors (Lipinski definition) is 5. The molecule has 23 heavy (non-hydrogen) atoms. The molecule has 0 N–H and O–H groups in total. The highest BCUT2D eigenvalue weighted by atomic mass is 16.5. The smallest absolute Gasteiger partial charge is 0.317 e. The third-order valence-electron chi connectivity index (χ3n) is 3.83. The van der Waals surface area contributed by atoms with Gasteiger partial charge >= 0.3 is 6.01 Å². The van der Waals surface area contributed by atoms with Crippen molar-refractivity contribution >= 4 is 5.91 Å². The summed E-state index contributed by atoms with van der Waals surface area (Å²) in [5, 5.41) is 0. The number of aromatic nitrogens is 3. The molecule has 6 heteroatoms. The number of likely N-dealkylation sites (tertiary alicyclic amines) is 1. The van der Waals surface area contributed by atoms with Gasteiger partial charge in [-0.25, -0.2) is 9.97 Å². The van der Waals surface area contributed by atoms with Crippen molar-refractivity contribution in [3.05, 3.63) is 47.5 Å². The lowest BCUT2D eigenvalue weighted by atomic mass is 10.1. The average molecular weight is 312 g/mol. The molecular weight excluding hydrogens is 292 g/mol. The summed E-state index contributed by atoms with van der Waals surface area (Å²) in [4.78, 5) is 26.9. The van der Waals surface area contributed by atoms with Crippen LogP contribution in [0.2, 0.25) is 0 Å². The van der Waals surface area contributed by atoms with Crippen LogP contribution in [-0.4, -0.2) is 45.0 Å². The molecule has 1 amide bonds. The zero-order valence-corrected chi connectivity index (χ0v) is 13.4. The van der Waals surface area contributed by atoms with Crippen molar-refractivity contribution in [2.24, 2.45) is 0 Å². The highest BCUT2D eigenvalue weighted by molar-refractivity contribution is 5.94. The van der Waals surface area contributed by atoms with E-state index in [2.05, 4.69) is 15.0 Å². The second-order valence-electron chi connectivity index (χ2n) is 5.80. The van der Waals surface area contributed by atoms with Gasteiger partial charge in [0.05, 0.1) is 6.54 Å². The van der Waals surface area contributed by atoms with Crippen LogP contribution in [0.5, 0.6) is 6.01 Å². The minimum absolute atomic E-state index is 0.0158. The molecule has 3 heterocycles. The van der Waals surface area contributed by atoms with Gasteiger partial charge in [-0.05, 0) is 44.9 Å². The van der Waals surface area contributed by atoms with E-state index < -0.39 is 0 Å². The van der Waals surface area contributed by atoms with Crippen LogP contribution in [0.3, 0.4) is 0 Å². The number of amides is 1. The maximum atomic E-state index is 12.5. The zero-order valence-electron chi connectivity index (χ0n) is 13.4. The Morgan fingerprint density at radius 3 is 2.61 bits per heavy atom. The summed E-state index contributed by atoms with van der Waals surface area (Å²) >= 11 is 0. The number of rotatable bonds is 3. The van der Waals surface area contributed by atoms with Crippen LogP contribution in [0.1, 0.15) is 34.6 Å². The SMILES string of the molecule is Cc1cc(C)nc(OC2CCCN(C(=O)c3ccncc3)C2)n1. The third-order valence-corrected chi connectivity index (χ3v) is 3.83. The van der Waals surface area contributed by atoms with Crippen LogP contribution in [0.25, 0.3) is 0 Å². The van der Waals surface area contributed by atoms with E-state index in [1.807, 2.05) is 24.8 Å². The van der Waals surface area contributed by atoms with Gasteiger partial charge < -0.3 is 9.64 Å². The van der Waals surface area contributed by atoms with Gasteiger partial charge in [0, 0.05) is 35.9 Å². The predicted octanol–water partition coefficient (Wildman–Crippen LogP) is 2.17. The molecule has 1 fully saturated rings. The summed E-state index contributed by atoms with van der Waals surface area (Å²) in [5.74, 6) is 0.0158. The monoisotopic (exact) mass is 312 g/mol. The van der Waals surface area contributed by atoms with Crippen molar-refractivity contribution in [3.63, 3.8) is 0 Å². The number of pyridine rings is 1. The minimum atomic E-state index is -0.0734. The Morgan fingerprint density at radius 2 is 1.91 bits per heavy atom. The Kier molecular flexibility index (Phi) is 4.50. The summed E-state index contributed by atoms with van der Waals surface area (Å²) in [6, 6.07) is 5.78. The molecule has 0 aliphatic carbocycles. The zero-order chi connectivity index (χ0) is 16.2. The van der Waals surface area contributed by atoms with E-state index in [1.54, 1.807) is 24.5 Å². The number of carbonyl (C=O) groups excluding carboxylic acids is 1. The lowest BCUT2D eigenvalue weighted by Crippen LogP contribution is -2.44. The lowest BCUT2D eigenvalue weighted by Gasteiger charge is -2.32. The van der Waals surface area contributed by atoms with Gasteiger partial charge in [-0.2, -0.15) is 0 Å². The fourth-order valence-corrected chi connectivity index (χ4v) is 2.79. The van der Waals surface area contributed by atoms with Crippen molar-refractivity contribution < 1.29 is 9.53 Å². The average Bonchev–Trinajstić information content (AvgIpc) is 2.54. The van der Waals surface area contributed by atoms with Crippen LogP contribution in [-0.2, 0) is 0 Å². The molecule has 0 spiro atoms. The van der Waals surface area contributed by atoms with E-state index in [-0.39, 0.29) is 12.0 Å². The van der Waals surface area contributed by atoms with E-state index in [9.17, 15) is 4.79 Å². The highest BCUT2D eigenvalue weighted by Gasteiger charge is 2.26. The molecule has 0 saturated carbocycles. The first kappa shape index (κ1) is 15.4. The fraction of sp³-hybridized carbons (Fsp3) is 0.412. The molecule has 2 aromatic heterocycles. The predicted molar refractivity (Wildman–Crippen MR) is 85.3 cm³/mol. The second kappa shape index (κ2) is 6.73. The van der Waals surface area contributed by atoms with Crippen molar-refractivity contribution in [2.75, 3.05) is 13.1 Å². The molecule has 1 aliphatic rings. The number of carbonyl (C=O) groups is 1. The van der Waals surface area contributed by atoms with Gasteiger partial charge in [-0.15, -0.1) is 0 Å². The van der Waals surface area contributed by atoms with Crippen LogP contribution in [0.15, 0.2) is 30.6 Å². The summed E-state index contributed by atoms with van der Waals surface area (Å²) in [6.07, 6.45) is 5.00. The fourth-order valence-electron chi connectivity index (χ4n) is 2.79. The quantitative estimate of drug-likeness (QED) is 0.869. The summed E-state index contributed by atoms with van der Waals surface area (Å²) in [6.45, 7) is 5.13. The Balaban J connectivity index is 1.67. The first-order valence-corrected chi connectivity index (χ1v) is 7.80. The van der Waals surface area contributed by atoms with Gasteiger partial charge in [0.25, 0.3) is 5.91 Å². The Labute approximate surface area is 135 Å². The van der Waals surface area contributed by atoms with Crippen molar-refractivity contribution in [1.29, 1.82) is 0 Å². The van der Waals surface area contributed by atoms with Crippen LogP contribution in [0.4, 0.5) is 0 Å². The van der Waals surface area contributed by atoms with E-state index >= 15 is 0 Å². The van der Waals surface area contributed by atoms with Crippen molar-refractivity contribution in [3.8, 4) is 6.01 Å². The lowest BCUT2D eigenvalue weighted by molar-refractivity contribution is 0.0515. The first-order chi connectivity index (χ1) is 11.1. The molecule has 0 radical (unpaired) electrons. The molecule has 2 aromatic rings.